The molecule has 0 aliphatic carbocycles. The van der Waals surface area contributed by atoms with Crippen LogP contribution in [0.1, 0.15) is 175 Å². The molecular weight excluding hydrogens is 659 g/mol. The molecule has 0 heterocycles. The highest BCUT2D eigenvalue weighted by Crippen LogP contribution is 2.58. The lowest BCUT2D eigenvalue weighted by Gasteiger charge is -2.40. The van der Waals surface area contributed by atoms with Crippen molar-refractivity contribution >= 4 is 10.1 Å². The van der Waals surface area contributed by atoms with Crippen LogP contribution >= 0.6 is 0 Å². The summed E-state index contributed by atoms with van der Waals surface area (Å²) < 4.78 is 39.2. The molecule has 7 N–H and O–H groups in total. The predicted molar refractivity (Wildman–Crippen MR) is 213 cm³/mol. The molecule has 0 fully saturated rings. The maximum absolute atomic E-state index is 14.9. The number of phenolic OH excluding ortho intramolecular Hbond substituents is 3. The first-order valence-corrected chi connectivity index (χ1v) is 19.0. The van der Waals surface area contributed by atoms with Gasteiger partial charge < -0.3 is 21.5 Å². The molecule has 0 bridgehead atoms. The molecule has 0 spiro atoms. The molecule has 0 atom stereocenters. The van der Waals surface area contributed by atoms with Crippen LogP contribution in [0, 0.1) is 0 Å². The summed E-state index contributed by atoms with van der Waals surface area (Å²) in [5.41, 5.74) is -0.418. The van der Waals surface area contributed by atoms with Crippen molar-refractivity contribution in [3.05, 3.63) is 86.5 Å². The van der Waals surface area contributed by atoms with E-state index in [-0.39, 0.29) is 40.1 Å². The minimum Gasteiger partial charge on any atom is -0.507 e. The zero-order chi connectivity index (χ0) is 39.2. The minimum absolute atomic E-state index is 0. The van der Waals surface area contributed by atoms with Crippen LogP contribution in [0.25, 0.3) is 0 Å². The summed E-state index contributed by atoms with van der Waals surface area (Å²) in [5.74, 6) is -1.00. The van der Waals surface area contributed by atoms with Crippen molar-refractivity contribution in [1.82, 2.24) is 6.15 Å². The smallest absolute Gasteiger partial charge is 0.283 e. The summed E-state index contributed by atoms with van der Waals surface area (Å²) >= 11 is 0. The Morgan fingerprint density at radius 1 is 0.373 bits per heavy atom. The molecular formula is C43H67NO6S. The quantitative estimate of drug-likeness (QED) is 0.133. The van der Waals surface area contributed by atoms with Crippen molar-refractivity contribution in [2.24, 2.45) is 0 Å². The van der Waals surface area contributed by atoms with Gasteiger partial charge in [0, 0.05) is 16.7 Å². The van der Waals surface area contributed by atoms with Crippen LogP contribution in [0.3, 0.4) is 0 Å². The van der Waals surface area contributed by atoms with Crippen molar-refractivity contribution in [3.8, 4) is 17.2 Å². The van der Waals surface area contributed by atoms with Gasteiger partial charge in [0.25, 0.3) is 10.1 Å². The van der Waals surface area contributed by atoms with Crippen LogP contribution in [0.4, 0.5) is 0 Å². The van der Waals surface area contributed by atoms with Gasteiger partial charge in [0.1, 0.15) is 17.2 Å². The zero-order valence-electron chi connectivity index (χ0n) is 34.7. The van der Waals surface area contributed by atoms with Crippen LogP contribution in [-0.2, 0) is 47.4 Å². The third-order valence-corrected chi connectivity index (χ3v) is 11.3. The molecule has 0 aliphatic rings. The Morgan fingerprint density at radius 2 is 0.549 bits per heavy atom. The Morgan fingerprint density at radius 3 is 0.686 bits per heavy atom. The van der Waals surface area contributed by atoms with E-state index in [0.29, 0.717) is 33.4 Å². The lowest BCUT2D eigenvalue weighted by atomic mass is 9.70. The Bertz CT molecular complexity index is 1700. The van der Waals surface area contributed by atoms with Crippen LogP contribution in [0.2, 0.25) is 0 Å². The molecule has 286 valence electrons. The highest BCUT2D eigenvalue weighted by molar-refractivity contribution is 7.87. The first-order chi connectivity index (χ1) is 22.0. The topological polar surface area (TPSA) is 150 Å². The maximum Gasteiger partial charge on any atom is 0.283 e. The predicted octanol–water partition coefficient (Wildman–Crippen LogP) is 10.9. The Hall–Kier alpha value is -3.07. The molecule has 3 aromatic carbocycles. The molecule has 0 saturated carbocycles. The highest BCUT2D eigenvalue weighted by Gasteiger charge is 2.56. The van der Waals surface area contributed by atoms with Gasteiger partial charge in [-0.15, -0.1) is 0 Å². The zero-order valence-corrected chi connectivity index (χ0v) is 35.5. The summed E-state index contributed by atoms with van der Waals surface area (Å²) in [6.45, 7) is 35.3. The maximum atomic E-state index is 14.9. The minimum atomic E-state index is -5.41. The average molecular weight is 726 g/mol. The normalized spacial score (nSPS) is 14.0. The summed E-state index contributed by atoms with van der Waals surface area (Å²) in [4.78, 5) is 0. The number of benzene rings is 3. The van der Waals surface area contributed by atoms with Gasteiger partial charge in [0.05, 0.1) is 0 Å². The monoisotopic (exact) mass is 725 g/mol. The largest absolute Gasteiger partial charge is 0.507 e. The molecule has 0 aromatic heterocycles. The fourth-order valence-electron chi connectivity index (χ4n) is 6.57. The summed E-state index contributed by atoms with van der Waals surface area (Å²) in [6.07, 6.45) is 0. The van der Waals surface area contributed by atoms with E-state index in [2.05, 4.69) is 0 Å². The Kier molecular flexibility index (Phi) is 11.3. The van der Waals surface area contributed by atoms with Crippen LogP contribution < -0.4 is 6.15 Å². The molecule has 0 aliphatic heterocycles. The van der Waals surface area contributed by atoms with Crippen LogP contribution in [0.15, 0.2) is 36.4 Å². The lowest BCUT2D eigenvalue weighted by Crippen LogP contribution is -2.40. The van der Waals surface area contributed by atoms with E-state index in [4.69, 9.17) is 0 Å². The third-order valence-electron chi connectivity index (χ3n) is 9.88. The molecule has 3 aromatic rings. The van der Waals surface area contributed by atoms with Gasteiger partial charge in [-0.2, -0.15) is 8.42 Å². The van der Waals surface area contributed by atoms with Crippen molar-refractivity contribution in [3.63, 3.8) is 0 Å². The average Bonchev–Trinajstić information content (AvgIpc) is 2.86. The Balaban J connectivity index is 0.00000901. The molecule has 8 heteroatoms. The van der Waals surface area contributed by atoms with E-state index in [1.807, 2.05) is 143 Å². The molecule has 0 saturated heterocycles. The highest BCUT2D eigenvalue weighted by atomic mass is 32.2. The molecule has 3 rings (SSSR count). The molecule has 0 amide bonds. The van der Waals surface area contributed by atoms with Crippen molar-refractivity contribution in [2.45, 2.75) is 162 Å². The number of aromatic hydroxyl groups is 3. The summed E-state index contributed by atoms with van der Waals surface area (Å²) in [5, 5.41) is 37.5. The van der Waals surface area contributed by atoms with Crippen molar-refractivity contribution < 1.29 is 28.3 Å². The van der Waals surface area contributed by atoms with Gasteiger partial charge in [-0.1, -0.05) is 143 Å². The van der Waals surface area contributed by atoms with E-state index < -0.39 is 47.4 Å². The number of hydrogen-bond donors (Lipinski definition) is 5. The second kappa shape index (κ2) is 13.1. The molecule has 51 heavy (non-hydrogen) atoms. The van der Waals surface area contributed by atoms with Gasteiger partial charge in [-0.25, -0.2) is 0 Å². The van der Waals surface area contributed by atoms with Gasteiger partial charge >= 0.3 is 0 Å². The SMILES string of the molecule is CC(C)(C)c1cc(C(C)(C)C)c(O)c(C(c2cc(C(C)(C)C)cc(C(C)(C)C)c2O)(c2cc(C(C)(C)C)cc(C(C)(C)C)c2O)S(=O)(=O)O)c1.N. The number of phenols is 3. The summed E-state index contributed by atoms with van der Waals surface area (Å²) in [7, 11) is -5.41. The van der Waals surface area contributed by atoms with E-state index in [1.165, 1.54) is 0 Å². The number of hydrogen-bond acceptors (Lipinski definition) is 6. The lowest BCUT2D eigenvalue weighted by molar-refractivity contribution is 0.399. The van der Waals surface area contributed by atoms with E-state index >= 15 is 0 Å². The van der Waals surface area contributed by atoms with E-state index in [9.17, 15) is 28.3 Å². The van der Waals surface area contributed by atoms with E-state index in [1.54, 1.807) is 18.2 Å². The van der Waals surface area contributed by atoms with Crippen molar-refractivity contribution in [2.75, 3.05) is 0 Å². The second-order valence-electron chi connectivity index (χ2n) is 20.4. The first-order valence-electron chi connectivity index (χ1n) is 17.6. The van der Waals surface area contributed by atoms with E-state index in [0.717, 1.165) is 0 Å². The van der Waals surface area contributed by atoms with Crippen LogP contribution in [0.5, 0.6) is 17.2 Å². The van der Waals surface area contributed by atoms with Crippen LogP contribution in [-0.4, -0.2) is 28.3 Å². The van der Waals surface area contributed by atoms with Gasteiger partial charge in [0.15, 0.2) is 4.75 Å². The van der Waals surface area contributed by atoms with Gasteiger partial charge in [0.2, 0.25) is 0 Å². The summed E-state index contributed by atoms with van der Waals surface area (Å²) in [6, 6.07) is 10.5. The fraction of sp³-hybridized carbons (Fsp3) is 0.581. The second-order valence-corrected chi connectivity index (χ2v) is 22.0. The Labute approximate surface area is 309 Å². The van der Waals surface area contributed by atoms with Gasteiger partial charge in [-0.3, -0.25) is 4.55 Å². The van der Waals surface area contributed by atoms with Crippen molar-refractivity contribution in [1.29, 1.82) is 0 Å². The third kappa shape index (κ3) is 8.13. The first kappa shape index (κ1) is 44.1. The molecule has 0 unspecified atom stereocenters. The molecule has 7 nitrogen and oxygen atoms in total. The molecule has 0 radical (unpaired) electrons. The fourth-order valence-corrected chi connectivity index (χ4v) is 7.88. The number of rotatable bonds is 4. The van der Waals surface area contributed by atoms with Gasteiger partial charge in [-0.05, 0) is 84.1 Å². The standard InChI is InChI=1S/C43H64O6S.H3N/c1-37(2,3)25-19-28(40(10,11)12)34(44)31(22-25)43(50(47,48)49,32-23-26(38(4,5)6)20-29(35(32)45)41(13,14)15)33-24-27(39(7,8)9)21-30(36(33)46)42(16,17)18;/h19-24,44-46H,1-18H3,(H,47,48,49);1H3.